The molecule has 2 fully saturated rings. The average Bonchev–Trinajstić information content (AvgIpc) is 3.15. The van der Waals surface area contributed by atoms with Gasteiger partial charge in [-0.15, -0.1) is 0 Å². The molecular weight excluding hydrogens is 435 g/mol. The fraction of sp³-hybridized carbons (Fsp3) is 0.476. The predicted molar refractivity (Wildman–Crippen MR) is 115 cm³/mol. The van der Waals surface area contributed by atoms with Crippen LogP contribution < -0.4 is 10.6 Å². The zero-order valence-corrected chi connectivity index (χ0v) is 18.1. The highest BCUT2D eigenvalue weighted by Crippen LogP contribution is 2.38. The largest absolute Gasteiger partial charge is 0.365 e. The SMILES string of the molecule is CC1(C)C[C@H](Nc2nc(Nc3ccc(Br)c(C#N)c3)ncc2F)C[C@H]2CCCN21. The van der Waals surface area contributed by atoms with Crippen LogP contribution >= 0.6 is 15.9 Å². The number of nitriles is 1. The lowest BCUT2D eigenvalue weighted by atomic mass is 9.84. The molecular formula is C21H24BrFN6. The van der Waals surface area contributed by atoms with Crippen LogP contribution in [-0.4, -0.2) is 39.0 Å². The van der Waals surface area contributed by atoms with Gasteiger partial charge in [0.25, 0.3) is 0 Å². The summed E-state index contributed by atoms with van der Waals surface area (Å²) in [6, 6.07) is 8.12. The van der Waals surface area contributed by atoms with Crippen molar-refractivity contribution in [1.29, 1.82) is 5.26 Å². The van der Waals surface area contributed by atoms with Crippen molar-refractivity contribution in [1.82, 2.24) is 14.9 Å². The van der Waals surface area contributed by atoms with E-state index >= 15 is 0 Å². The number of rotatable bonds is 4. The third kappa shape index (κ3) is 4.21. The lowest BCUT2D eigenvalue weighted by molar-refractivity contribution is 0.0500. The van der Waals surface area contributed by atoms with E-state index in [9.17, 15) is 9.65 Å². The van der Waals surface area contributed by atoms with Crippen LogP contribution in [0, 0.1) is 17.1 Å². The van der Waals surface area contributed by atoms with Crippen molar-refractivity contribution in [3.8, 4) is 6.07 Å². The second-order valence-electron chi connectivity index (χ2n) is 8.40. The van der Waals surface area contributed by atoms with Crippen LogP contribution in [0.1, 0.15) is 45.1 Å². The third-order valence-electron chi connectivity index (χ3n) is 5.89. The average molecular weight is 459 g/mol. The van der Waals surface area contributed by atoms with E-state index in [2.05, 4.69) is 61.3 Å². The Balaban J connectivity index is 1.51. The number of hydrogen-bond donors (Lipinski definition) is 2. The highest BCUT2D eigenvalue weighted by Gasteiger charge is 2.43. The van der Waals surface area contributed by atoms with Crippen LogP contribution in [0.15, 0.2) is 28.9 Å². The highest BCUT2D eigenvalue weighted by molar-refractivity contribution is 9.10. The van der Waals surface area contributed by atoms with Crippen LogP contribution in [-0.2, 0) is 0 Å². The summed E-state index contributed by atoms with van der Waals surface area (Å²) in [5, 5.41) is 15.6. The highest BCUT2D eigenvalue weighted by atomic mass is 79.9. The lowest BCUT2D eigenvalue weighted by Gasteiger charge is -2.47. The molecule has 0 amide bonds. The molecule has 2 aliphatic heterocycles. The summed E-state index contributed by atoms with van der Waals surface area (Å²) in [6.45, 7) is 5.68. The molecule has 1 aromatic heterocycles. The molecule has 3 heterocycles. The van der Waals surface area contributed by atoms with Gasteiger partial charge in [0.2, 0.25) is 5.95 Å². The van der Waals surface area contributed by atoms with Crippen LogP contribution in [0.5, 0.6) is 0 Å². The van der Waals surface area contributed by atoms with E-state index in [1.54, 1.807) is 12.1 Å². The number of fused-ring (bicyclic) bond motifs is 1. The Hall–Kier alpha value is -2.24. The molecule has 2 aliphatic rings. The predicted octanol–water partition coefficient (Wildman–Crippen LogP) is 4.81. The minimum atomic E-state index is -0.462. The standard InChI is InChI=1S/C21H24BrFN6/c1-21(2)10-15(9-16-4-3-7-29(16)21)26-19-18(23)12-25-20(28-19)27-14-5-6-17(22)13(8-14)11-24/h5-6,8,12,15-16H,3-4,7,9-10H2,1-2H3,(H2,25,26,27,28)/t15-,16-/m1/s1. The molecule has 0 spiro atoms. The molecule has 2 saturated heterocycles. The Kier molecular flexibility index (Phi) is 5.45. The monoisotopic (exact) mass is 458 g/mol. The summed E-state index contributed by atoms with van der Waals surface area (Å²) in [5.74, 6) is 0.0424. The summed E-state index contributed by atoms with van der Waals surface area (Å²) in [6.07, 6.45) is 5.54. The normalized spacial score (nSPS) is 23.3. The number of piperidine rings is 1. The van der Waals surface area contributed by atoms with Crippen LogP contribution in [0.4, 0.5) is 21.8 Å². The van der Waals surface area contributed by atoms with E-state index in [-0.39, 0.29) is 23.3 Å². The maximum atomic E-state index is 14.4. The number of halogens is 2. The number of hydrogen-bond acceptors (Lipinski definition) is 6. The quantitative estimate of drug-likeness (QED) is 0.684. The molecule has 2 atom stereocenters. The first-order chi connectivity index (χ1) is 13.9. The molecule has 0 radical (unpaired) electrons. The van der Waals surface area contributed by atoms with Crippen molar-refractivity contribution in [3.05, 3.63) is 40.2 Å². The van der Waals surface area contributed by atoms with Crippen molar-refractivity contribution in [2.75, 3.05) is 17.2 Å². The van der Waals surface area contributed by atoms with Crippen LogP contribution in [0.2, 0.25) is 0 Å². The second kappa shape index (κ2) is 7.88. The maximum Gasteiger partial charge on any atom is 0.229 e. The first-order valence-electron chi connectivity index (χ1n) is 9.88. The van der Waals surface area contributed by atoms with Crippen molar-refractivity contribution >= 4 is 33.4 Å². The molecule has 152 valence electrons. The molecule has 1 aromatic carbocycles. The van der Waals surface area contributed by atoms with Gasteiger partial charge >= 0.3 is 0 Å². The maximum absolute atomic E-state index is 14.4. The van der Waals surface area contributed by atoms with Gasteiger partial charge in [-0.2, -0.15) is 10.2 Å². The van der Waals surface area contributed by atoms with Crippen LogP contribution in [0.3, 0.4) is 0 Å². The third-order valence-corrected chi connectivity index (χ3v) is 6.58. The van der Waals surface area contributed by atoms with Crippen molar-refractivity contribution in [2.24, 2.45) is 0 Å². The topological polar surface area (TPSA) is 76.9 Å². The Morgan fingerprint density at radius 3 is 3.00 bits per heavy atom. The van der Waals surface area contributed by atoms with E-state index in [1.807, 2.05) is 6.07 Å². The fourth-order valence-corrected chi connectivity index (χ4v) is 4.99. The molecule has 6 nitrogen and oxygen atoms in total. The molecule has 2 aromatic rings. The van der Waals surface area contributed by atoms with E-state index in [0.717, 1.165) is 19.4 Å². The summed E-state index contributed by atoms with van der Waals surface area (Å²) in [4.78, 5) is 11.0. The number of anilines is 3. The molecule has 29 heavy (non-hydrogen) atoms. The van der Waals surface area contributed by atoms with Gasteiger partial charge in [0.1, 0.15) is 6.07 Å². The van der Waals surface area contributed by atoms with E-state index < -0.39 is 5.82 Å². The summed E-state index contributed by atoms with van der Waals surface area (Å²) in [5.41, 5.74) is 1.26. The zero-order chi connectivity index (χ0) is 20.6. The van der Waals surface area contributed by atoms with Gasteiger partial charge in [0, 0.05) is 27.8 Å². The first-order valence-corrected chi connectivity index (χ1v) is 10.7. The van der Waals surface area contributed by atoms with Crippen molar-refractivity contribution in [3.63, 3.8) is 0 Å². The minimum absolute atomic E-state index is 0.0901. The van der Waals surface area contributed by atoms with Gasteiger partial charge in [0.15, 0.2) is 11.6 Å². The molecule has 2 N–H and O–H groups in total. The number of nitrogens with one attached hydrogen (secondary N) is 2. The van der Waals surface area contributed by atoms with E-state index in [0.29, 0.717) is 21.8 Å². The van der Waals surface area contributed by atoms with E-state index in [4.69, 9.17) is 0 Å². The summed E-state index contributed by atoms with van der Waals surface area (Å²) >= 11 is 3.34. The van der Waals surface area contributed by atoms with Crippen LogP contribution in [0.25, 0.3) is 0 Å². The fourth-order valence-electron chi connectivity index (χ4n) is 4.66. The molecule has 0 bridgehead atoms. The van der Waals surface area contributed by atoms with Gasteiger partial charge < -0.3 is 10.6 Å². The Morgan fingerprint density at radius 1 is 1.38 bits per heavy atom. The van der Waals surface area contributed by atoms with Crippen molar-refractivity contribution < 1.29 is 4.39 Å². The number of benzene rings is 1. The summed E-state index contributed by atoms with van der Waals surface area (Å²) in [7, 11) is 0. The van der Waals surface area contributed by atoms with Gasteiger partial charge in [-0.25, -0.2) is 9.37 Å². The van der Waals surface area contributed by atoms with Gasteiger partial charge in [-0.05, 0) is 80.2 Å². The molecule has 4 rings (SSSR count). The van der Waals surface area contributed by atoms with Gasteiger partial charge in [-0.3, -0.25) is 4.90 Å². The number of aromatic nitrogens is 2. The Labute approximate surface area is 178 Å². The van der Waals surface area contributed by atoms with Crippen molar-refractivity contribution in [2.45, 2.75) is 57.2 Å². The lowest BCUT2D eigenvalue weighted by Crippen LogP contribution is -2.55. The number of nitrogens with zero attached hydrogens (tertiary/aromatic N) is 4. The molecule has 0 unspecified atom stereocenters. The Bertz CT molecular complexity index is 957. The smallest absolute Gasteiger partial charge is 0.229 e. The van der Waals surface area contributed by atoms with Gasteiger partial charge in [0.05, 0.1) is 11.8 Å². The second-order valence-corrected chi connectivity index (χ2v) is 9.26. The summed E-state index contributed by atoms with van der Waals surface area (Å²) < 4.78 is 15.1. The van der Waals surface area contributed by atoms with Gasteiger partial charge in [-0.1, -0.05) is 0 Å². The first kappa shape index (κ1) is 20.0. The molecule has 0 saturated carbocycles. The van der Waals surface area contributed by atoms with E-state index in [1.165, 1.54) is 19.0 Å². The minimum Gasteiger partial charge on any atom is -0.365 e. The molecule has 8 heteroatoms. The zero-order valence-electron chi connectivity index (χ0n) is 16.5. The Morgan fingerprint density at radius 2 is 2.21 bits per heavy atom. The molecule has 0 aliphatic carbocycles.